The van der Waals surface area contributed by atoms with Crippen LogP contribution in [0.4, 0.5) is 4.79 Å². The van der Waals surface area contributed by atoms with Crippen LogP contribution in [0, 0.1) is 0 Å². The van der Waals surface area contributed by atoms with Gasteiger partial charge in [-0.3, -0.25) is 0 Å². The van der Waals surface area contributed by atoms with Crippen LogP contribution < -0.4 is 5.32 Å². The van der Waals surface area contributed by atoms with Crippen molar-refractivity contribution in [2.45, 2.75) is 58.5 Å². The number of hydrogen-bond donors (Lipinski definition) is 1. The Kier molecular flexibility index (Phi) is 8.44. The van der Waals surface area contributed by atoms with Crippen LogP contribution in [0.1, 0.15) is 52.9 Å². The molecular formula is C12H24ClNO2. The van der Waals surface area contributed by atoms with Crippen molar-refractivity contribution in [3.05, 3.63) is 0 Å². The second-order valence-corrected chi connectivity index (χ2v) is 5.26. The predicted octanol–water partition coefficient (Wildman–Crippen LogP) is 3.70. The number of hydrogen-bond acceptors (Lipinski definition) is 2. The van der Waals surface area contributed by atoms with Crippen LogP contribution >= 0.6 is 11.6 Å². The van der Waals surface area contributed by atoms with E-state index < -0.39 is 5.60 Å². The summed E-state index contributed by atoms with van der Waals surface area (Å²) in [6.45, 7) is 6.27. The molecule has 0 aromatic rings. The number of alkyl carbamates (subject to hydrolysis) is 1. The van der Waals surface area contributed by atoms with Crippen LogP contribution in [0.5, 0.6) is 0 Å². The molecule has 0 bridgehead atoms. The van der Waals surface area contributed by atoms with Gasteiger partial charge < -0.3 is 10.1 Å². The Labute approximate surface area is 104 Å². The first kappa shape index (κ1) is 15.6. The fourth-order valence-corrected chi connectivity index (χ4v) is 1.44. The summed E-state index contributed by atoms with van der Waals surface area (Å²) in [7, 11) is 0. The molecule has 0 saturated carbocycles. The van der Waals surface area contributed by atoms with Crippen molar-refractivity contribution in [1.82, 2.24) is 5.32 Å². The van der Waals surface area contributed by atoms with Gasteiger partial charge in [-0.25, -0.2) is 4.79 Å². The van der Waals surface area contributed by atoms with Crippen LogP contribution in [-0.2, 0) is 4.74 Å². The van der Waals surface area contributed by atoms with Gasteiger partial charge >= 0.3 is 6.09 Å². The molecule has 4 heteroatoms. The summed E-state index contributed by atoms with van der Waals surface area (Å²) in [4.78, 5) is 11.2. The van der Waals surface area contributed by atoms with E-state index in [0.29, 0.717) is 6.54 Å². The van der Waals surface area contributed by atoms with E-state index in [-0.39, 0.29) is 6.09 Å². The molecule has 0 saturated heterocycles. The molecule has 0 aliphatic carbocycles. The number of nitrogens with one attached hydrogen (secondary N) is 1. The molecule has 0 aromatic heterocycles. The molecule has 0 radical (unpaired) electrons. The summed E-state index contributed by atoms with van der Waals surface area (Å²) in [5.41, 5.74) is -0.412. The highest BCUT2D eigenvalue weighted by Crippen LogP contribution is 2.07. The van der Waals surface area contributed by atoms with E-state index in [1.165, 1.54) is 12.8 Å². The van der Waals surface area contributed by atoms with Gasteiger partial charge in [-0.1, -0.05) is 19.3 Å². The maximum Gasteiger partial charge on any atom is 0.407 e. The average Bonchev–Trinajstić information content (AvgIpc) is 2.13. The monoisotopic (exact) mass is 249 g/mol. The number of unbranched alkanes of at least 4 members (excludes halogenated alkanes) is 4. The molecule has 0 aliphatic rings. The topological polar surface area (TPSA) is 38.3 Å². The van der Waals surface area contributed by atoms with Gasteiger partial charge in [0.05, 0.1) is 0 Å². The van der Waals surface area contributed by atoms with E-state index in [9.17, 15) is 4.79 Å². The zero-order chi connectivity index (χ0) is 12.4. The molecule has 0 aromatic carbocycles. The molecule has 3 nitrogen and oxygen atoms in total. The van der Waals surface area contributed by atoms with Gasteiger partial charge in [-0.2, -0.15) is 0 Å². The van der Waals surface area contributed by atoms with Crippen molar-refractivity contribution < 1.29 is 9.53 Å². The third-order valence-corrected chi connectivity index (χ3v) is 2.25. The minimum atomic E-state index is -0.412. The molecule has 16 heavy (non-hydrogen) atoms. The first-order valence-electron chi connectivity index (χ1n) is 5.98. The zero-order valence-electron chi connectivity index (χ0n) is 10.6. The first-order valence-corrected chi connectivity index (χ1v) is 6.52. The highest BCUT2D eigenvalue weighted by molar-refractivity contribution is 6.17. The van der Waals surface area contributed by atoms with Crippen molar-refractivity contribution in [3.63, 3.8) is 0 Å². The van der Waals surface area contributed by atoms with Crippen LogP contribution in [0.2, 0.25) is 0 Å². The van der Waals surface area contributed by atoms with Crippen molar-refractivity contribution in [1.29, 1.82) is 0 Å². The Bertz CT molecular complexity index is 190. The molecule has 0 unspecified atom stereocenters. The SMILES string of the molecule is CC(C)(C)OC(=O)NCCCCCCCCl. The Morgan fingerprint density at radius 1 is 1.12 bits per heavy atom. The molecule has 0 fully saturated rings. The minimum Gasteiger partial charge on any atom is -0.444 e. The number of amides is 1. The van der Waals surface area contributed by atoms with Crippen molar-refractivity contribution in [2.75, 3.05) is 12.4 Å². The maximum absolute atomic E-state index is 11.2. The molecule has 0 heterocycles. The van der Waals surface area contributed by atoms with Gasteiger partial charge in [0.1, 0.15) is 5.60 Å². The van der Waals surface area contributed by atoms with Crippen LogP contribution in [0.25, 0.3) is 0 Å². The molecule has 96 valence electrons. The summed E-state index contributed by atoms with van der Waals surface area (Å²) in [5.74, 6) is 0.746. The van der Waals surface area contributed by atoms with Gasteiger partial charge in [0.25, 0.3) is 0 Å². The first-order chi connectivity index (χ1) is 7.45. The normalized spacial score (nSPS) is 11.2. The van der Waals surface area contributed by atoms with Crippen molar-refractivity contribution >= 4 is 17.7 Å². The second-order valence-electron chi connectivity index (χ2n) is 4.89. The standard InChI is InChI=1S/C12H24ClNO2/c1-12(2,3)16-11(15)14-10-8-6-4-5-7-9-13/h4-10H2,1-3H3,(H,14,15). The largest absolute Gasteiger partial charge is 0.444 e. The lowest BCUT2D eigenvalue weighted by atomic mass is 10.1. The van der Waals surface area contributed by atoms with Gasteiger partial charge in [-0.15, -0.1) is 11.6 Å². The van der Waals surface area contributed by atoms with E-state index in [1.807, 2.05) is 20.8 Å². The number of carbonyl (C=O) groups excluding carboxylic acids is 1. The Morgan fingerprint density at radius 3 is 2.25 bits per heavy atom. The zero-order valence-corrected chi connectivity index (χ0v) is 11.4. The fraction of sp³-hybridized carbons (Fsp3) is 0.917. The lowest BCUT2D eigenvalue weighted by Crippen LogP contribution is -2.32. The van der Waals surface area contributed by atoms with Crippen LogP contribution in [0.3, 0.4) is 0 Å². The maximum atomic E-state index is 11.2. The number of halogens is 1. The lowest BCUT2D eigenvalue weighted by molar-refractivity contribution is 0.0527. The predicted molar refractivity (Wildman–Crippen MR) is 68.0 cm³/mol. The molecule has 0 spiro atoms. The van der Waals surface area contributed by atoms with Gasteiger partial charge in [0.2, 0.25) is 0 Å². The van der Waals surface area contributed by atoms with E-state index >= 15 is 0 Å². The summed E-state index contributed by atoms with van der Waals surface area (Å²) in [5, 5.41) is 2.74. The van der Waals surface area contributed by atoms with Gasteiger partial charge in [-0.05, 0) is 33.6 Å². The van der Waals surface area contributed by atoms with E-state index in [4.69, 9.17) is 16.3 Å². The summed E-state index contributed by atoms with van der Waals surface area (Å²) in [6.07, 6.45) is 5.25. The number of rotatable bonds is 7. The van der Waals surface area contributed by atoms with E-state index in [2.05, 4.69) is 5.32 Å². The van der Waals surface area contributed by atoms with Gasteiger partial charge in [0, 0.05) is 12.4 Å². The molecule has 1 amide bonds. The number of carbonyl (C=O) groups is 1. The van der Waals surface area contributed by atoms with Crippen molar-refractivity contribution in [3.8, 4) is 0 Å². The molecular weight excluding hydrogens is 226 g/mol. The third-order valence-electron chi connectivity index (χ3n) is 1.98. The third kappa shape index (κ3) is 11.6. The van der Waals surface area contributed by atoms with Crippen molar-refractivity contribution in [2.24, 2.45) is 0 Å². The summed E-state index contributed by atoms with van der Waals surface area (Å²) >= 11 is 5.57. The quantitative estimate of drug-likeness (QED) is 0.552. The highest BCUT2D eigenvalue weighted by Gasteiger charge is 2.15. The minimum absolute atomic E-state index is 0.326. The highest BCUT2D eigenvalue weighted by atomic mass is 35.5. The second kappa shape index (κ2) is 8.68. The average molecular weight is 250 g/mol. The van der Waals surface area contributed by atoms with E-state index in [1.54, 1.807) is 0 Å². The van der Waals surface area contributed by atoms with Gasteiger partial charge in [0.15, 0.2) is 0 Å². The summed E-state index contributed by atoms with van der Waals surface area (Å²) < 4.78 is 5.12. The Morgan fingerprint density at radius 2 is 1.69 bits per heavy atom. The number of alkyl halides is 1. The summed E-state index contributed by atoms with van der Waals surface area (Å²) in [6, 6.07) is 0. The van der Waals surface area contributed by atoms with Crippen LogP contribution in [-0.4, -0.2) is 24.1 Å². The fourth-order valence-electron chi connectivity index (χ4n) is 1.25. The molecule has 0 rings (SSSR count). The molecule has 0 atom stereocenters. The number of ether oxygens (including phenoxy) is 1. The van der Waals surface area contributed by atoms with E-state index in [0.717, 1.165) is 25.1 Å². The van der Waals surface area contributed by atoms with Crippen LogP contribution in [0.15, 0.2) is 0 Å². The molecule has 0 aliphatic heterocycles. The lowest BCUT2D eigenvalue weighted by Gasteiger charge is -2.19. The smallest absolute Gasteiger partial charge is 0.407 e. The Hall–Kier alpha value is -0.440. The Balaban J connectivity index is 3.28. The molecule has 1 N–H and O–H groups in total.